The Morgan fingerprint density at radius 2 is 1.81 bits per heavy atom. The highest BCUT2D eigenvalue weighted by Crippen LogP contribution is 2.54. The first-order valence-electron chi connectivity index (χ1n) is 7.23. The summed E-state index contributed by atoms with van der Waals surface area (Å²) < 4.78 is 17.8. The van der Waals surface area contributed by atoms with Gasteiger partial charge in [0.25, 0.3) is 0 Å². The number of hydrogen-bond donors (Lipinski definition) is 0. The molecule has 0 saturated carbocycles. The minimum atomic E-state index is 0.142. The molecular weight excluding hydrogens is 398 g/mol. The van der Waals surface area contributed by atoms with Crippen molar-refractivity contribution in [2.24, 2.45) is 0 Å². The SMILES string of the molecule is CCCC(CC)(PCI)c1cc(OC)cc(OC)c1OC. The fourth-order valence-corrected chi connectivity index (χ4v) is 6.28. The van der Waals surface area contributed by atoms with Gasteiger partial charge in [-0.1, -0.05) is 42.9 Å². The van der Waals surface area contributed by atoms with Crippen LogP contribution in [0.1, 0.15) is 38.7 Å². The zero-order valence-corrected chi connectivity index (χ0v) is 16.7. The summed E-state index contributed by atoms with van der Waals surface area (Å²) in [6.07, 6.45) is 3.40. The van der Waals surface area contributed by atoms with Crippen LogP contribution in [0.4, 0.5) is 0 Å². The standard InChI is InChI=1S/C16H26IO3P/c1-6-8-16(7-2,21-11-17)13-9-12(18-3)10-14(19-4)15(13)20-5/h9-10,21H,6-8,11H2,1-5H3. The Labute approximate surface area is 144 Å². The third-order valence-electron chi connectivity index (χ3n) is 3.89. The van der Waals surface area contributed by atoms with Crippen molar-refractivity contribution in [3.05, 3.63) is 17.7 Å². The van der Waals surface area contributed by atoms with E-state index < -0.39 is 0 Å². The molecule has 0 heterocycles. The Hall–Kier alpha value is -0.220. The Kier molecular flexibility index (Phi) is 8.10. The molecule has 1 aromatic carbocycles. The van der Waals surface area contributed by atoms with E-state index in [4.69, 9.17) is 14.2 Å². The Morgan fingerprint density at radius 1 is 1.10 bits per heavy atom. The maximum Gasteiger partial charge on any atom is 0.165 e. The summed E-state index contributed by atoms with van der Waals surface area (Å²) in [5.74, 6) is 2.43. The number of alkyl halides is 1. The number of ether oxygens (including phenoxy) is 3. The Balaban J connectivity index is 3.53. The van der Waals surface area contributed by atoms with Gasteiger partial charge in [0, 0.05) is 21.0 Å². The van der Waals surface area contributed by atoms with Gasteiger partial charge in [-0.3, -0.25) is 0 Å². The van der Waals surface area contributed by atoms with Crippen molar-refractivity contribution < 1.29 is 14.2 Å². The lowest BCUT2D eigenvalue weighted by atomic mass is 9.89. The minimum absolute atomic E-state index is 0.142. The molecular formula is C16H26IO3P. The van der Waals surface area contributed by atoms with Crippen LogP contribution in [0.25, 0.3) is 0 Å². The van der Waals surface area contributed by atoms with Crippen LogP contribution in [0.15, 0.2) is 12.1 Å². The molecule has 5 heteroatoms. The molecule has 2 atom stereocenters. The van der Waals surface area contributed by atoms with Crippen LogP contribution in [-0.2, 0) is 5.16 Å². The van der Waals surface area contributed by atoms with E-state index in [1.807, 2.05) is 6.07 Å². The number of benzene rings is 1. The third kappa shape index (κ3) is 4.16. The number of rotatable bonds is 9. The second kappa shape index (κ2) is 9.04. The predicted molar refractivity (Wildman–Crippen MR) is 100 cm³/mol. The van der Waals surface area contributed by atoms with E-state index in [9.17, 15) is 0 Å². The van der Waals surface area contributed by atoms with Crippen LogP contribution in [0.2, 0.25) is 0 Å². The van der Waals surface area contributed by atoms with Crippen molar-refractivity contribution in [2.45, 2.75) is 38.3 Å². The zero-order valence-electron chi connectivity index (χ0n) is 13.6. The molecule has 21 heavy (non-hydrogen) atoms. The van der Waals surface area contributed by atoms with E-state index >= 15 is 0 Å². The molecule has 120 valence electrons. The molecule has 0 aliphatic rings. The fraction of sp³-hybridized carbons (Fsp3) is 0.625. The topological polar surface area (TPSA) is 27.7 Å². The van der Waals surface area contributed by atoms with Crippen molar-refractivity contribution in [1.82, 2.24) is 0 Å². The number of halogens is 1. The lowest BCUT2D eigenvalue weighted by Gasteiger charge is -2.34. The fourth-order valence-electron chi connectivity index (χ4n) is 2.78. The van der Waals surface area contributed by atoms with Gasteiger partial charge in [0.2, 0.25) is 0 Å². The highest BCUT2D eigenvalue weighted by Gasteiger charge is 2.34. The Bertz CT molecular complexity index is 445. The van der Waals surface area contributed by atoms with Gasteiger partial charge in [-0.25, -0.2) is 0 Å². The van der Waals surface area contributed by atoms with Gasteiger partial charge in [0.1, 0.15) is 5.75 Å². The molecule has 0 radical (unpaired) electrons. The molecule has 0 bridgehead atoms. The molecule has 3 nitrogen and oxygen atoms in total. The summed E-state index contributed by atoms with van der Waals surface area (Å²) in [4.78, 5) is 0. The molecule has 0 aromatic heterocycles. The highest BCUT2D eigenvalue weighted by atomic mass is 127. The number of hydrogen-bond acceptors (Lipinski definition) is 3. The van der Waals surface area contributed by atoms with Gasteiger partial charge in [-0.05, 0) is 18.9 Å². The van der Waals surface area contributed by atoms with Crippen LogP contribution >= 0.6 is 31.2 Å². The van der Waals surface area contributed by atoms with Gasteiger partial charge in [-0.15, -0.1) is 8.58 Å². The van der Waals surface area contributed by atoms with Crippen molar-refractivity contribution in [1.29, 1.82) is 0 Å². The smallest absolute Gasteiger partial charge is 0.165 e. The molecule has 0 N–H and O–H groups in total. The molecule has 0 saturated heterocycles. The second-order valence-corrected chi connectivity index (χ2v) is 8.77. The summed E-state index contributed by atoms with van der Waals surface area (Å²) >= 11 is 2.47. The summed E-state index contributed by atoms with van der Waals surface area (Å²) in [6.45, 7) is 4.51. The van der Waals surface area contributed by atoms with E-state index in [0.29, 0.717) is 0 Å². The normalized spacial score (nSPS) is 14.2. The maximum atomic E-state index is 5.69. The first-order valence-corrected chi connectivity index (χ1v) is 9.97. The van der Waals surface area contributed by atoms with Crippen LogP contribution in [-0.4, -0.2) is 25.5 Å². The summed E-state index contributed by atoms with van der Waals surface area (Å²) in [5, 5.41) is 0.142. The Morgan fingerprint density at radius 3 is 2.24 bits per heavy atom. The van der Waals surface area contributed by atoms with E-state index in [-0.39, 0.29) is 5.16 Å². The average Bonchev–Trinajstić information content (AvgIpc) is 2.52. The van der Waals surface area contributed by atoms with E-state index in [0.717, 1.165) is 49.3 Å². The average molecular weight is 424 g/mol. The molecule has 2 unspecified atom stereocenters. The molecule has 0 aliphatic heterocycles. The van der Waals surface area contributed by atoms with Gasteiger partial charge in [-0.2, -0.15) is 0 Å². The first kappa shape index (κ1) is 18.8. The predicted octanol–water partition coefficient (Wildman–Crippen LogP) is 5.19. The quantitative estimate of drug-likeness (QED) is 0.310. The van der Waals surface area contributed by atoms with Crippen LogP contribution < -0.4 is 14.2 Å². The molecule has 0 amide bonds. The van der Waals surface area contributed by atoms with Crippen LogP contribution in [0.3, 0.4) is 0 Å². The van der Waals surface area contributed by atoms with Crippen molar-refractivity contribution >= 4 is 31.2 Å². The van der Waals surface area contributed by atoms with E-state index in [1.165, 1.54) is 5.56 Å². The lowest BCUT2D eigenvalue weighted by Crippen LogP contribution is -2.21. The van der Waals surface area contributed by atoms with Crippen molar-refractivity contribution in [2.75, 3.05) is 25.5 Å². The van der Waals surface area contributed by atoms with Gasteiger partial charge in [0.15, 0.2) is 11.5 Å². The summed E-state index contributed by atoms with van der Waals surface area (Å²) in [6, 6.07) is 4.02. The van der Waals surface area contributed by atoms with Gasteiger partial charge < -0.3 is 14.2 Å². The summed E-state index contributed by atoms with van der Waals surface area (Å²) in [5.41, 5.74) is 1.22. The molecule has 0 spiro atoms. The largest absolute Gasteiger partial charge is 0.497 e. The van der Waals surface area contributed by atoms with Crippen molar-refractivity contribution in [3.8, 4) is 17.2 Å². The van der Waals surface area contributed by atoms with Crippen LogP contribution in [0, 0.1) is 0 Å². The zero-order chi connectivity index (χ0) is 15.9. The van der Waals surface area contributed by atoms with Gasteiger partial charge >= 0.3 is 0 Å². The molecule has 0 aliphatic carbocycles. The minimum Gasteiger partial charge on any atom is -0.497 e. The molecule has 1 rings (SSSR count). The molecule has 0 fully saturated rings. The van der Waals surface area contributed by atoms with Crippen LogP contribution in [0.5, 0.6) is 17.2 Å². The third-order valence-corrected chi connectivity index (χ3v) is 6.72. The van der Waals surface area contributed by atoms with E-state index in [2.05, 4.69) is 42.5 Å². The summed E-state index contributed by atoms with van der Waals surface area (Å²) in [7, 11) is 5.94. The number of methoxy groups -OCH3 is 3. The second-order valence-electron chi connectivity index (χ2n) is 4.91. The monoisotopic (exact) mass is 424 g/mol. The lowest BCUT2D eigenvalue weighted by molar-refractivity contribution is 0.339. The maximum absolute atomic E-state index is 5.69. The van der Waals surface area contributed by atoms with Gasteiger partial charge in [0.05, 0.1) is 21.3 Å². The van der Waals surface area contributed by atoms with E-state index in [1.54, 1.807) is 21.3 Å². The highest BCUT2D eigenvalue weighted by molar-refractivity contribution is 14.1. The van der Waals surface area contributed by atoms with Crippen molar-refractivity contribution in [3.63, 3.8) is 0 Å². The first-order chi connectivity index (χ1) is 10.1. The molecule has 1 aromatic rings.